The van der Waals surface area contributed by atoms with Gasteiger partial charge in [0, 0.05) is 18.3 Å². The molecule has 4 nitrogen and oxygen atoms in total. The van der Waals surface area contributed by atoms with Crippen LogP contribution in [-0.2, 0) is 0 Å². The molecule has 0 bridgehead atoms. The van der Waals surface area contributed by atoms with Gasteiger partial charge < -0.3 is 16.0 Å². The Labute approximate surface area is 91.5 Å². The zero-order valence-electron chi connectivity index (χ0n) is 9.91. The number of nitrogens with zero attached hydrogens (tertiary/aromatic N) is 2. The second-order valence-electron chi connectivity index (χ2n) is 4.52. The molecule has 4 heteroatoms. The molecule has 0 amide bonds. The van der Waals surface area contributed by atoms with Crippen LogP contribution in [0.1, 0.15) is 13.8 Å². The van der Waals surface area contributed by atoms with E-state index in [0.717, 1.165) is 12.2 Å². The molecule has 0 aliphatic rings. The van der Waals surface area contributed by atoms with Crippen molar-refractivity contribution < 1.29 is 0 Å². The molecule has 84 valence electrons. The van der Waals surface area contributed by atoms with E-state index in [2.05, 4.69) is 43.1 Å². The Bertz CT molecular complexity index is 320. The van der Waals surface area contributed by atoms with Gasteiger partial charge in [0.15, 0.2) is 0 Å². The number of nitrogens with one attached hydrogen (secondary N) is 1. The third-order valence-corrected chi connectivity index (χ3v) is 2.77. The number of hydrogen-bond donors (Lipinski definition) is 2. The Kier molecular flexibility index (Phi) is 3.52. The summed E-state index contributed by atoms with van der Waals surface area (Å²) in [5.41, 5.74) is 7.51. The second kappa shape index (κ2) is 4.49. The molecule has 1 heterocycles. The summed E-state index contributed by atoms with van der Waals surface area (Å²) in [7, 11) is 4.13. The third kappa shape index (κ3) is 3.09. The molecule has 0 atom stereocenters. The van der Waals surface area contributed by atoms with E-state index in [-0.39, 0.29) is 5.54 Å². The maximum absolute atomic E-state index is 5.79. The lowest BCUT2D eigenvalue weighted by Crippen LogP contribution is -2.44. The maximum atomic E-state index is 5.79. The molecule has 0 aliphatic heterocycles. The van der Waals surface area contributed by atoms with E-state index in [1.165, 1.54) is 0 Å². The zero-order chi connectivity index (χ0) is 11.5. The summed E-state index contributed by atoms with van der Waals surface area (Å²) < 4.78 is 0. The molecule has 0 fully saturated rings. The number of hydrogen-bond acceptors (Lipinski definition) is 4. The Morgan fingerprint density at radius 2 is 2.13 bits per heavy atom. The van der Waals surface area contributed by atoms with E-state index in [0.29, 0.717) is 5.69 Å². The van der Waals surface area contributed by atoms with E-state index in [4.69, 9.17) is 5.73 Å². The lowest BCUT2D eigenvalue weighted by Gasteiger charge is -2.33. The summed E-state index contributed by atoms with van der Waals surface area (Å²) in [6.45, 7) is 5.20. The predicted octanol–water partition coefficient (Wildman–Crippen LogP) is 1.42. The molecule has 1 aromatic rings. The van der Waals surface area contributed by atoms with Gasteiger partial charge in [-0.2, -0.15) is 0 Å². The molecule has 0 saturated heterocycles. The van der Waals surface area contributed by atoms with Crippen molar-refractivity contribution in [3.8, 4) is 0 Å². The van der Waals surface area contributed by atoms with Crippen LogP contribution in [0.15, 0.2) is 18.5 Å². The molecule has 3 N–H and O–H groups in total. The molecule has 1 aromatic heterocycles. The van der Waals surface area contributed by atoms with E-state index >= 15 is 0 Å². The Hall–Kier alpha value is -1.29. The number of pyridine rings is 1. The number of nitrogens with two attached hydrogens (primary N) is 1. The highest BCUT2D eigenvalue weighted by atomic mass is 15.2. The summed E-state index contributed by atoms with van der Waals surface area (Å²) in [5, 5.41) is 3.33. The quantitative estimate of drug-likeness (QED) is 0.785. The number of anilines is 2. The molecule has 0 spiro atoms. The molecule has 15 heavy (non-hydrogen) atoms. The highest BCUT2D eigenvalue weighted by molar-refractivity contribution is 5.64. The summed E-state index contributed by atoms with van der Waals surface area (Å²) >= 11 is 0. The molecule has 0 saturated carbocycles. The average molecular weight is 208 g/mol. The number of rotatable bonds is 4. The first-order chi connectivity index (χ1) is 6.93. The highest BCUT2D eigenvalue weighted by Gasteiger charge is 2.19. The van der Waals surface area contributed by atoms with Gasteiger partial charge in [-0.25, -0.2) is 0 Å². The van der Waals surface area contributed by atoms with Gasteiger partial charge in [0.1, 0.15) is 0 Å². The highest BCUT2D eigenvalue weighted by Crippen LogP contribution is 2.17. The fraction of sp³-hybridized carbons (Fsp3) is 0.545. The van der Waals surface area contributed by atoms with Crippen molar-refractivity contribution in [1.29, 1.82) is 0 Å². The Morgan fingerprint density at radius 3 is 2.67 bits per heavy atom. The largest absolute Gasteiger partial charge is 0.396 e. The van der Waals surface area contributed by atoms with E-state index in [1.54, 1.807) is 12.4 Å². The minimum Gasteiger partial charge on any atom is -0.396 e. The number of likely N-dealkylation sites (N-methyl/N-ethyl adjacent to an activating group) is 1. The SMILES string of the molecule is CN(C)C(C)(C)CNc1ccncc1N. The summed E-state index contributed by atoms with van der Waals surface area (Å²) in [6.07, 6.45) is 3.40. The van der Waals surface area contributed by atoms with Crippen molar-refractivity contribution in [2.45, 2.75) is 19.4 Å². The van der Waals surface area contributed by atoms with Gasteiger partial charge in [0.2, 0.25) is 0 Å². The summed E-state index contributed by atoms with van der Waals surface area (Å²) in [5.74, 6) is 0. The first-order valence-electron chi connectivity index (χ1n) is 5.04. The number of nitrogen functional groups attached to an aromatic ring is 1. The van der Waals surface area contributed by atoms with Gasteiger partial charge in [-0.3, -0.25) is 4.98 Å². The van der Waals surface area contributed by atoms with E-state index in [9.17, 15) is 0 Å². The van der Waals surface area contributed by atoms with Gasteiger partial charge in [0.25, 0.3) is 0 Å². The average Bonchev–Trinajstić information content (AvgIpc) is 2.16. The lowest BCUT2D eigenvalue weighted by molar-refractivity contribution is 0.210. The van der Waals surface area contributed by atoms with Crippen LogP contribution in [0.5, 0.6) is 0 Å². The minimum atomic E-state index is 0.0930. The fourth-order valence-electron chi connectivity index (χ4n) is 1.04. The zero-order valence-corrected chi connectivity index (χ0v) is 9.91. The molecule has 1 rings (SSSR count). The van der Waals surface area contributed by atoms with E-state index < -0.39 is 0 Å². The fourth-order valence-corrected chi connectivity index (χ4v) is 1.04. The summed E-state index contributed by atoms with van der Waals surface area (Å²) in [4.78, 5) is 6.13. The predicted molar refractivity (Wildman–Crippen MR) is 64.9 cm³/mol. The maximum Gasteiger partial charge on any atom is 0.0736 e. The standard InChI is InChI=1S/C11H20N4/c1-11(2,15(3)4)8-14-10-5-6-13-7-9(10)12/h5-7H,8,12H2,1-4H3,(H,13,14). The van der Waals surface area contributed by atoms with Crippen molar-refractivity contribution in [2.75, 3.05) is 31.7 Å². The van der Waals surface area contributed by atoms with Crippen LogP contribution in [0.3, 0.4) is 0 Å². The number of aromatic nitrogens is 1. The first-order valence-corrected chi connectivity index (χ1v) is 5.04. The van der Waals surface area contributed by atoms with Crippen LogP contribution >= 0.6 is 0 Å². The van der Waals surface area contributed by atoms with Crippen molar-refractivity contribution >= 4 is 11.4 Å². The van der Waals surface area contributed by atoms with Gasteiger partial charge in [-0.1, -0.05) is 0 Å². The van der Waals surface area contributed by atoms with Gasteiger partial charge >= 0.3 is 0 Å². The van der Waals surface area contributed by atoms with Gasteiger partial charge in [-0.05, 0) is 34.0 Å². The van der Waals surface area contributed by atoms with Crippen LogP contribution in [0.4, 0.5) is 11.4 Å². The van der Waals surface area contributed by atoms with Crippen molar-refractivity contribution in [3.63, 3.8) is 0 Å². The van der Waals surface area contributed by atoms with Crippen molar-refractivity contribution in [2.24, 2.45) is 0 Å². The molecule has 0 aliphatic carbocycles. The van der Waals surface area contributed by atoms with Crippen LogP contribution in [0.25, 0.3) is 0 Å². The normalized spacial score (nSPS) is 11.8. The molecule has 0 radical (unpaired) electrons. The molecule has 0 aromatic carbocycles. The monoisotopic (exact) mass is 208 g/mol. The van der Waals surface area contributed by atoms with Crippen LogP contribution in [0.2, 0.25) is 0 Å². The minimum absolute atomic E-state index is 0.0930. The summed E-state index contributed by atoms with van der Waals surface area (Å²) in [6, 6.07) is 1.89. The Morgan fingerprint density at radius 1 is 1.47 bits per heavy atom. The van der Waals surface area contributed by atoms with Gasteiger partial charge in [-0.15, -0.1) is 0 Å². The Balaban J connectivity index is 2.62. The van der Waals surface area contributed by atoms with Crippen LogP contribution < -0.4 is 11.1 Å². The third-order valence-electron chi connectivity index (χ3n) is 2.77. The van der Waals surface area contributed by atoms with Crippen molar-refractivity contribution in [1.82, 2.24) is 9.88 Å². The van der Waals surface area contributed by atoms with Crippen LogP contribution in [0, 0.1) is 0 Å². The molecular formula is C11H20N4. The van der Waals surface area contributed by atoms with Crippen LogP contribution in [-0.4, -0.2) is 36.1 Å². The first kappa shape index (κ1) is 11.8. The van der Waals surface area contributed by atoms with Gasteiger partial charge in [0.05, 0.1) is 17.6 Å². The second-order valence-corrected chi connectivity index (χ2v) is 4.52. The topological polar surface area (TPSA) is 54.2 Å². The molecule has 0 unspecified atom stereocenters. The van der Waals surface area contributed by atoms with E-state index in [1.807, 2.05) is 6.07 Å². The smallest absolute Gasteiger partial charge is 0.0736 e. The van der Waals surface area contributed by atoms with Crippen molar-refractivity contribution in [3.05, 3.63) is 18.5 Å². The molecular weight excluding hydrogens is 188 g/mol. The lowest BCUT2D eigenvalue weighted by atomic mass is 10.0.